The second-order valence-corrected chi connectivity index (χ2v) is 6.57. The first-order valence-electron chi connectivity index (χ1n) is 9.17. The number of benzene rings is 3. The topological polar surface area (TPSA) is 30.9 Å². The Morgan fingerprint density at radius 1 is 0.679 bits per heavy atom. The lowest BCUT2D eigenvalue weighted by Gasteiger charge is -2.36. The van der Waals surface area contributed by atoms with Crippen LogP contribution in [0.1, 0.15) is 17.2 Å². The molecule has 3 aromatic rings. The van der Waals surface area contributed by atoms with E-state index in [1.54, 1.807) is 21.3 Å². The van der Waals surface area contributed by atoms with E-state index in [1.807, 2.05) is 30.3 Å². The minimum absolute atomic E-state index is 0.0696. The third-order valence-corrected chi connectivity index (χ3v) is 5.04. The summed E-state index contributed by atoms with van der Waals surface area (Å²) in [6.45, 7) is 0. The van der Waals surface area contributed by atoms with Crippen LogP contribution in [0.4, 0.5) is 11.4 Å². The average Bonchev–Trinajstić information content (AvgIpc) is 2.78. The quantitative estimate of drug-likeness (QED) is 0.581. The van der Waals surface area contributed by atoms with E-state index in [9.17, 15) is 0 Å². The first kappa shape index (κ1) is 18.0. The number of hydrogen-bond donors (Lipinski definition) is 0. The molecule has 4 heteroatoms. The number of rotatable bonds is 5. The van der Waals surface area contributed by atoms with Gasteiger partial charge in [-0.15, -0.1) is 0 Å². The second kappa shape index (κ2) is 7.69. The van der Waals surface area contributed by atoms with Gasteiger partial charge in [0.15, 0.2) is 0 Å². The minimum Gasteiger partial charge on any atom is -0.497 e. The van der Waals surface area contributed by atoms with Gasteiger partial charge in [-0.1, -0.05) is 24.3 Å². The third kappa shape index (κ3) is 3.29. The Kier molecular flexibility index (Phi) is 4.94. The van der Waals surface area contributed by atoms with Crippen LogP contribution >= 0.6 is 0 Å². The van der Waals surface area contributed by atoms with Gasteiger partial charge in [-0.3, -0.25) is 0 Å². The van der Waals surface area contributed by atoms with E-state index in [2.05, 4.69) is 53.5 Å². The fourth-order valence-electron chi connectivity index (χ4n) is 3.55. The van der Waals surface area contributed by atoms with Crippen molar-refractivity contribution < 1.29 is 14.2 Å². The monoisotopic (exact) mass is 373 g/mol. The lowest BCUT2D eigenvalue weighted by Crippen LogP contribution is -2.25. The molecule has 4 nitrogen and oxygen atoms in total. The predicted octanol–water partition coefficient (Wildman–Crippen LogP) is 5.62. The summed E-state index contributed by atoms with van der Waals surface area (Å²) in [5.74, 6) is 2.54. The molecule has 1 atom stereocenters. The normalized spacial score (nSPS) is 15.1. The maximum atomic E-state index is 5.41. The Morgan fingerprint density at radius 2 is 1.25 bits per heavy atom. The summed E-state index contributed by atoms with van der Waals surface area (Å²) >= 11 is 0. The minimum atomic E-state index is 0.0696. The Bertz CT molecular complexity index is 978. The zero-order valence-corrected chi connectivity index (χ0v) is 16.3. The van der Waals surface area contributed by atoms with E-state index in [4.69, 9.17) is 14.2 Å². The number of methoxy groups -OCH3 is 3. The molecule has 1 aliphatic rings. The van der Waals surface area contributed by atoms with Gasteiger partial charge in [0.2, 0.25) is 0 Å². The van der Waals surface area contributed by atoms with Gasteiger partial charge in [0, 0.05) is 16.9 Å². The number of fused-ring (bicyclic) bond motifs is 1. The molecule has 1 heterocycles. The molecule has 0 saturated carbocycles. The van der Waals surface area contributed by atoms with E-state index >= 15 is 0 Å². The Labute approximate surface area is 165 Å². The molecule has 28 heavy (non-hydrogen) atoms. The van der Waals surface area contributed by atoms with Gasteiger partial charge < -0.3 is 19.1 Å². The second-order valence-electron chi connectivity index (χ2n) is 6.57. The molecule has 0 aliphatic carbocycles. The summed E-state index contributed by atoms with van der Waals surface area (Å²) in [5.41, 5.74) is 4.54. The SMILES string of the molecule is COc1ccc(C2C=Cc3cc(OC)ccc3N2c2ccc(OC)cc2)cc1. The maximum absolute atomic E-state index is 5.41. The van der Waals surface area contributed by atoms with Crippen LogP contribution in [0.25, 0.3) is 6.08 Å². The van der Waals surface area contributed by atoms with E-state index < -0.39 is 0 Å². The van der Waals surface area contributed by atoms with Crippen LogP contribution in [0.5, 0.6) is 17.2 Å². The number of hydrogen-bond acceptors (Lipinski definition) is 4. The molecule has 3 aromatic carbocycles. The lowest BCUT2D eigenvalue weighted by molar-refractivity contribution is 0.414. The van der Waals surface area contributed by atoms with Gasteiger partial charge in [-0.2, -0.15) is 0 Å². The van der Waals surface area contributed by atoms with Gasteiger partial charge in [-0.05, 0) is 60.2 Å². The summed E-state index contributed by atoms with van der Waals surface area (Å²) in [4.78, 5) is 2.33. The van der Waals surface area contributed by atoms with Crippen molar-refractivity contribution in [3.63, 3.8) is 0 Å². The Morgan fingerprint density at radius 3 is 1.86 bits per heavy atom. The highest BCUT2D eigenvalue weighted by atomic mass is 16.5. The highest BCUT2D eigenvalue weighted by Crippen LogP contribution is 2.43. The van der Waals surface area contributed by atoms with Gasteiger partial charge in [0.1, 0.15) is 17.2 Å². The third-order valence-electron chi connectivity index (χ3n) is 5.04. The molecule has 0 spiro atoms. The van der Waals surface area contributed by atoms with Crippen molar-refractivity contribution in [2.24, 2.45) is 0 Å². The van der Waals surface area contributed by atoms with Gasteiger partial charge in [0.25, 0.3) is 0 Å². The smallest absolute Gasteiger partial charge is 0.119 e. The van der Waals surface area contributed by atoms with Crippen molar-refractivity contribution in [1.29, 1.82) is 0 Å². The average molecular weight is 373 g/mol. The molecule has 0 amide bonds. The van der Waals surface area contributed by atoms with E-state index in [1.165, 1.54) is 5.56 Å². The molecule has 0 aromatic heterocycles. The van der Waals surface area contributed by atoms with Crippen molar-refractivity contribution in [3.8, 4) is 17.2 Å². The number of ether oxygens (including phenoxy) is 3. The van der Waals surface area contributed by atoms with E-state index in [0.29, 0.717) is 0 Å². The van der Waals surface area contributed by atoms with Gasteiger partial charge in [-0.25, -0.2) is 0 Å². The van der Waals surface area contributed by atoms with Crippen molar-refractivity contribution in [2.75, 3.05) is 26.2 Å². The molecule has 0 bridgehead atoms. The first-order valence-corrected chi connectivity index (χ1v) is 9.17. The van der Waals surface area contributed by atoms with Crippen LogP contribution < -0.4 is 19.1 Å². The molecule has 142 valence electrons. The first-order chi connectivity index (χ1) is 13.7. The van der Waals surface area contributed by atoms with Crippen molar-refractivity contribution in [2.45, 2.75) is 6.04 Å². The van der Waals surface area contributed by atoms with Crippen LogP contribution in [-0.4, -0.2) is 21.3 Å². The predicted molar refractivity (Wildman–Crippen MR) is 113 cm³/mol. The zero-order valence-electron chi connectivity index (χ0n) is 16.3. The number of nitrogens with zero attached hydrogens (tertiary/aromatic N) is 1. The molecule has 0 fully saturated rings. The van der Waals surface area contributed by atoms with Crippen LogP contribution in [0.3, 0.4) is 0 Å². The van der Waals surface area contributed by atoms with Crippen LogP contribution in [0.15, 0.2) is 72.8 Å². The highest BCUT2D eigenvalue weighted by molar-refractivity contribution is 5.80. The molecular formula is C24H23NO3. The molecule has 1 aliphatic heterocycles. The molecule has 0 N–H and O–H groups in total. The molecular weight excluding hydrogens is 350 g/mol. The molecule has 0 saturated heterocycles. The van der Waals surface area contributed by atoms with Crippen LogP contribution in [0.2, 0.25) is 0 Å². The maximum Gasteiger partial charge on any atom is 0.119 e. The Hall–Kier alpha value is -3.40. The lowest BCUT2D eigenvalue weighted by atomic mass is 9.96. The molecule has 1 unspecified atom stereocenters. The summed E-state index contributed by atoms with van der Waals surface area (Å²) < 4.78 is 16.1. The summed E-state index contributed by atoms with van der Waals surface area (Å²) in [5, 5.41) is 0. The standard InChI is InChI=1S/C24H23NO3/c1-26-20-9-4-17(5-10-20)23-14-6-18-16-22(28-3)13-15-24(18)25(23)19-7-11-21(27-2)12-8-19/h4-16,23H,1-3H3. The largest absolute Gasteiger partial charge is 0.497 e. The van der Waals surface area contributed by atoms with Crippen molar-refractivity contribution >= 4 is 17.5 Å². The summed E-state index contributed by atoms with van der Waals surface area (Å²) in [6, 6.07) is 22.6. The van der Waals surface area contributed by atoms with Crippen molar-refractivity contribution in [3.05, 3.63) is 83.9 Å². The molecule has 4 rings (SSSR count). The van der Waals surface area contributed by atoms with Gasteiger partial charge in [0.05, 0.1) is 27.4 Å². The van der Waals surface area contributed by atoms with E-state index in [-0.39, 0.29) is 6.04 Å². The fourth-order valence-corrected chi connectivity index (χ4v) is 3.55. The number of anilines is 2. The zero-order chi connectivity index (χ0) is 19.5. The molecule has 0 radical (unpaired) electrons. The van der Waals surface area contributed by atoms with Crippen molar-refractivity contribution in [1.82, 2.24) is 0 Å². The summed E-state index contributed by atoms with van der Waals surface area (Å²) in [6.07, 6.45) is 4.38. The van der Waals surface area contributed by atoms with Gasteiger partial charge >= 0.3 is 0 Å². The highest BCUT2D eigenvalue weighted by Gasteiger charge is 2.26. The van der Waals surface area contributed by atoms with Crippen LogP contribution in [0, 0.1) is 0 Å². The summed E-state index contributed by atoms with van der Waals surface area (Å²) in [7, 11) is 5.05. The van der Waals surface area contributed by atoms with Crippen LogP contribution in [-0.2, 0) is 0 Å². The van der Waals surface area contributed by atoms with E-state index in [0.717, 1.165) is 34.2 Å². The Balaban J connectivity index is 1.81. The fraction of sp³-hybridized carbons (Fsp3) is 0.167.